The van der Waals surface area contributed by atoms with Gasteiger partial charge in [-0.2, -0.15) is 27.0 Å². The molecule has 0 fully saturated rings. The van der Waals surface area contributed by atoms with Crippen LogP contribution in [0.1, 0.15) is 70.0 Å². The summed E-state index contributed by atoms with van der Waals surface area (Å²) in [5.74, 6) is -0.434. The summed E-state index contributed by atoms with van der Waals surface area (Å²) in [4.78, 5) is 47.2. The van der Waals surface area contributed by atoms with Gasteiger partial charge in [0, 0.05) is 54.0 Å². The number of carbonyl (C=O) groups excluding carboxylic acids is 3. The standard InChI is InChI=1S/C21H29N3O4.C16H21N3O2.2H2S/c1-6-27-18(25)13-24-16-10-9-14(23(5)20(26)28-21(2,3)4)12-15(16)19-17(24)8-7-11-22-19;1-3-21-15(20)10-19-13-7-6-11(17-2)9-12(13)16-14(19)5-4-8-18-16;;/h7-8,11,14H,6,9-10,12-13H2,1-5H3;4-5,8,11,17H,3,6-7,9-10H2,1-2H3;2*1H2/t14-;11-;;/m00../s1. The van der Waals surface area contributed by atoms with Crippen LogP contribution in [0, 0.1) is 0 Å². The molecule has 0 aromatic carbocycles. The lowest BCUT2D eigenvalue weighted by atomic mass is 9.92. The number of amides is 1. The van der Waals surface area contributed by atoms with Crippen molar-refractivity contribution in [1.29, 1.82) is 0 Å². The zero-order chi connectivity index (χ0) is 35.3. The van der Waals surface area contributed by atoms with Crippen LogP contribution in [0.3, 0.4) is 0 Å². The van der Waals surface area contributed by atoms with Crippen LogP contribution in [-0.2, 0) is 62.6 Å². The highest BCUT2D eigenvalue weighted by Gasteiger charge is 2.32. The van der Waals surface area contributed by atoms with Crippen LogP contribution < -0.4 is 5.32 Å². The first-order chi connectivity index (χ1) is 23.4. The van der Waals surface area contributed by atoms with E-state index >= 15 is 0 Å². The number of carbonyl (C=O) groups is 3. The molecule has 6 rings (SSSR count). The molecule has 0 saturated carbocycles. The van der Waals surface area contributed by atoms with Gasteiger partial charge in [-0.1, -0.05) is 0 Å². The summed E-state index contributed by atoms with van der Waals surface area (Å²) in [6, 6.07) is 8.33. The molecule has 4 heterocycles. The van der Waals surface area contributed by atoms with Crippen LogP contribution in [0.5, 0.6) is 0 Å². The average molecular weight is 743 g/mol. The minimum Gasteiger partial charge on any atom is -0.465 e. The van der Waals surface area contributed by atoms with E-state index in [9.17, 15) is 14.4 Å². The lowest BCUT2D eigenvalue weighted by Gasteiger charge is -2.33. The van der Waals surface area contributed by atoms with Crippen LogP contribution in [0.15, 0.2) is 36.7 Å². The number of likely N-dealkylation sites (N-methyl/N-ethyl adjacent to an activating group) is 2. The topological polar surface area (TPSA) is 130 Å². The first-order valence-corrected chi connectivity index (χ1v) is 17.3. The molecule has 51 heavy (non-hydrogen) atoms. The molecule has 2 aliphatic carbocycles. The van der Waals surface area contributed by atoms with Crippen LogP contribution >= 0.6 is 27.0 Å². The molecule has 1 amide bonds. The molecule has 4 aromatic heterocycles. The van der Waals surface area contributed by atoms with Gasteiger partial charge in [0.1, 0.15) is 18.7 Å². The molecule has 2 aliphatic rings. The molecule has 0 unspecified atom stereocenters. The molecule has 4 aromatic rings. The summed E-state index contributed by atoms with van der Waals surface area (Å²) in [5, 5.41) is 3.35. The highest BCUT2D eigenvalue weighted by Crippen LogP contribution is 2.33. The Balaban J connectivity index is 0.000000274. The zero-order valence-electron chi connectivity index (χ0n) is 30.9. The number of nitrogens with one attached hydrogen (secondary N) is 1. The summed E-state index contributed by atoms with van der Waals surface area (Å²) in [7, 11) is 3.79. The van der Waals surface area contributed by atoms with E-state index in [0.29, 0.717) is 25.7 Å². The third-order valence-electron chi connectivity index (χ3n) is 9.23. The van der Waals surface area contributed by atoms with Crippen molar-refractivity contribution in [2.45, 2.75) is 104 Å². The number of ether oxygens (including phenoxy) is 3. The summed E-state index contributed by atoms with van der Waals surface area (Å²) >= 11 is 0. The molecule has 0 radical (unpaired) electrons. The Labute approximate surface area is 314 Å². The fourth-order valence-electron chi connectivity index (χ4n) is 6.98. The Bertz CT molecular complexity index is 1820. The highest BCUT2D eigenvalue weighted by atomic mass is 32.1. The van der Waals surface area contributed by atoms with Crippen molar-refractivity contribution in [2.75, 3.05) is 27.3 Å². The smallest absolute Gasteiger partial charge is 0.410 e. The summed E-state index contributed by atoms with van der Waals surface area (Å²) in [5.41, 5.74) is 8.09. The van der Waals surface area contributed by atoms with Gasteiger partial charge in [0.05, 0.1) is 35.3 Å². The number of hydrogen-bond donors (Lipinski definition) is 1. The molecule has 0 aliphatic heterocycles. The van der Waals surface area contributed by atoms with Gasteiger partial charge in [0.2, 0.25) is 0 Å². The van der Waals surface area contributed by atoms with Gasteiger partial charge < -0.3 is 33.6 Å². The van der Waals surface area contributed by atoms with Crippen molar-refractivity contribution in [3.05, 3.63) is 59.2 Å². The van der Waals surface area contributed by atoms with E-state index in [-0.39, 0.29) is 64.2 Å². The van der Waals surface area contributed by atoms with Gasteiger partial charge in [0.15, 0.2) is 0 Å². The third kappa shape index (κ3) is 9.58. The highest BCUT2D eigenvalue weighted by molar-refractivity contribution is 7.59. The fraction of sp³-hybridized carbons (Fsp3) is 0.541. The largest absolute Gasteiger partial charge is 0.465 e. The van der Waals surface area contributed by atoms with Crippen molar-refractivity contribution in [3.63, 3.8) is 0 Å². The Morgan fingerprint density at radius 3 is 1.80 bits per heavy atom. The van der Waals surface area contributed by atoms with Gasteiger partial charge in [-0.3, -0.25) is 19.6 Å². The van der Waals surface area contributed by atoms with Gasteiger partial charge >= 0.3 is 18.0 Å². The van der Waals surface area contributed by atoms with Crippen LogP contribution in [0.4, 0.5) is 4.79 Å². The lowest BCUT2D eigenvalue weighted by molar-refractivity contribution is -0.144. The first-order valence-electron chi connectivity index (χ1n) is 17.3. The van der Waals surface area contributed by atoms with Crippen molar-refractivity contribution < 1.29 is 28.6 Å². The second-order valence-electron chi connectivity index (χ2n) is 13.6. The fourth-order valence-corrected chi connectivity index (χ4v) is 6.98. The molecule has 1 N–H and O–H groups in total. The Hall–Kier alpha value is -3.75. The summed E-state index contributed by atoms with van der Waals surface area (Å²) in [6.07, 6.45) is 8.55. The predicted octanol–water partition coefficient (Wildman–Crippen LogP) is 5.23. The van der Waals surface area contributed by atoms with Gasteiger partial charge in [-0.15, -0.1) is 0 Å². The summed E-state index contributed by atoms with van der Waals surface area (Å²) in [6.45, 7) is 10.5. The Kier molecular flexibility index (Phi) is 14.8. The number of fused-ring (bicyclic) bond motifs is 6. The van der Waals surface area contributed by atoms with Crippen LogP contribution in [0.2, 0.25) is 0 Å². The SMILES string of the molecule is CCOC(=O)Cn1c2c(c3ncccc31)C[C@@H](N(C)C(=O)OC(C)(C)C)CC2.CCOC(=O)Cn1c2c(c3ncccc31)C[C@@H](NC)CC2.S.S. The number of hydrogen-bond acceptors (Lipinski definition) is 9. The molecule has 0 spiro atoms. The Morgan fingerprint density at radius 2 is 1.33 bits per heavy atom. The van der Waals surface area contributed by atoms with Crippen molar-refractivity contribution >= 4 is 67.1 Å². The minimum atomic E-state index is -0.525. The number of nitrogens with zero attached hydrogens (tertiary/aromatic N) is 5. The monoisotopic (exact) mass is 742 g/mol. The van der Waals surface area contributed by atoms with Crippen molar-refractivity contribution in [1.82, 2.24) is 29.3 Å². The summed E-state index contributed by atoms with van der Waals surface area (Å²) < 4.78 is 19.9. The maximum atomic E-state index is 12.5. The van der Waals surface area contributed by atoms with E-state index in [1.54, 1.807) is 25.1 Å². The second kappa shape index (κ2) is 18.1. The quantitative estimate of drug-likeness (QED) is 0.191. The first kappa shape index (κ1) is 41.7. The molecule has 0 saturated heterocycles. The number of esters is 2. The number of aromatic nitrogens is 4. The van der Waals surface area contributed by atoms with Crippen molar-refractivity contribution in [2.24, 2.45) is 0 Å². The van der Waals surface area contributed by atoms with E-state index in [4.69, 9.17) is 14.2 Å². The molecule has 280 valence electrons. The molecule has 2 atom stereocenters. The molecular formula is C37H54N6O6S2. The van der Waals surface area contributed by atoms with E-state index in [0.717, 1.165) is 65.4 Å². The normalized spacial score (nSPS) is 16.4. The number of rotatable bonds is 8. The van der Waals surface area contributed by atoms with E-state index < -0.39 is 5.60 Å². The van der Waals surface area contributed by atoms with Crippen LogP contribution in [-0.4, -0.2) is 87.0 Å². The van der Waals surface area contributed by atoms with Crippen LogP contribution in [0.25, 0.3) is 22.1 Å². The van der Waals surface area contributed by atoms with Gasteiger partial charge in [0.25, 0.3) is 0 Å². The maximum Gasteiger partial charge on any atom is 0.410 e. The van der Waals surface area contributed by atoms with Gasteiger partial charge in [-0.05, 0) is 104 Å². The Morgan fingerprint density at radius 1 is 0.843 bits per heavy atom. The molecule has 0 bridgehead atoms. The maximum absolute atomic E-state index is 12.5. The average Bonchev–Trinajstić information content (AvgIpc) is 3.55. The third-order valence-corrected chi connectivity index (χ3v) is 9.23. The minimum absolute atomic E-state index is 0. The second-order valence-corrected chi connectivity index (χ2v) is 13.6. The van der Waals surface area contributed by atoms with Crippen molar-refractivity contribution in [3.8, 4) is 0 Å². The van der Waals surface area contributed by atoms with E-state index in [1.165, 1.54) is 11.3 Å². The predicted molar refractivity (Wildman–Crippen MR) is 208 cm³/mol. The lowest BCUT2D eigenvalue weighted by Crippen LogP contribution is -2.43. The molecular weight excluding hydrogens is 689 g/mol. The number of pyridine rings is 2. The van der Waals surface area contributed by atoms with E-state index in [1.807, 2.05) is 69.8 Å². The molecule has 12 nitrogen and oxygen atoms in total. The zero-order valence-corrected chi connectivity index (χ0v) is 32.9. The van der Waals surface area contributed by atoms with E-state index in [2.05, 4.69) is 19.9 Å². The van der Waals surface area contributed by atoms with Gasteiger partial charge in [-0.25, -0.2) is 4.79 Å². The molecule has 14 heteroatoms.